The van der Waals surface area contributed by atoms with Crippen molar-refractivity contribution >= 4 is 21.6 Å². The molecular formula is C13H24S2. The highest BCUT2D eigenvalue weighted by Gasteiger charge is 2.41. The Morgan fingerprint density at radius 3 is 1.93 bits per heavy atom. The molecule has 2 unspecified atom stereocenters. The lowest BCUT2D eigenvalue weighted by Crippen LogP contribution is -2.36. The Hall–Kier alpha value is 0.440. The third-order valence-corrected chi connectivity index (χ3v) is 6.62. The van der Waals surface area contributed by atoms with E-state index >= 15 is 0 Å². The maximum Gasteiger partial charge on any atom is 0.0504 e. The van der Waals surface area contributed by atoms with Crippen LogP contribution in [-0.4, -0.2) is 4.75 Å². The quantitative estimate of drug-likeness (QED) is 0.565. The first-order valence-electron chi connectivity index (χ1n) is 6.19. The van der Waals surface area contributed by atoms with Crippen LogP contribution in [0.1, 0.15) is 53.4 Å². The number of rotatable bonds is 6. The van der Waals surface area contributed by atoms with Gasteiger partial charge in [0.1, 0.15) is 0 Å². The van der Waals surface area contributed by atoms with Crippen molar-refractivity contribution in [3.05, 3.63) is 11.5 Å². The Morgan fingerprint density at radius 1 is 1.07 bits per heavy atom. The summed E-state index contributed by atoms with van der Waals surface area (Å²) >= 11 is 0. The average molecular weight is 244 g/mol. The van der Waals surface area contributed by atoms with E-state index in [-0.39, 0.29) is 0 Å². The molecule has 1 aliphatic heterocycles. The molecule has 0 aromatic rings. The van der Waals surface area contributed by atoms with Crippen molar-refractivity contribution in [1.29, 1.82) is 0 Å². The lowest BCUT2D eigenvalue weighted by atomic mass is 9.78. The number of hydrogen-bond acceptors (Lipinski definition) is 2. The van der Waals surface area contributed by atoms with Gasteiger partial charge in [-0.2, -0.15) is 0 Å². The van der Waals surface area contributed by atoms with Crippen molar-refractivity contribution < 1.29 is 0 Å². The SMILES string of the molecule is CCCC(C)C1(C(C)CCC)C=CSS1. The van der Waals surface area contributed by atoms with Gasteiger partial charge in [-0.15, -0.1) is 0 Å². The zero-order chi connectivity index (χ0) is 11.3. The van der Waals surface area contributed by atoms with E-state index in [9.17, 15) is 0 Å². The first-order valence-corrected chi connectivity index (χ1v) is 8.40. The number of hydrogen-bond donors (Lipinski definition) is 0. The molecule has 1 aliphatic rings. The van der Waals surface area contributed by atoms with E-state index in [1.807, 2.05) is 10.8 Å². The summed E-state index contributed by atoms with van der Waals surface area (Å²) in [6.45, 7) is 9.45. The molecule has 0 aromatic carbocycles. The molecule has 0 radical (unpaired) electrons. The highest BCUT2D eigenvalue weighted by atomic mass is 33.1. The summed E-state index contributed by atoms with van der Waals surface area (Å²) in [5.74, 6) is 1.61. The molecule has 0 bridgehead atoms. The predicted molar refractivity (Wildman–Crippen MR) is 75.2 cm³/mol. The molecule has 0 fully saturated rings. The summed E-state index contributed by atoms with van der Waals surface area (Å²) < 4.78 is 0.413. The van der Waals surface area contributed by atoms with Crippen molar-refractivity contribution in [3.8, 4) is 0 Å². The topological polar surface area (TPSA) is 0 Å². The van der Waals surface area contributed by atoms with Crippen LogP contribution < -0.4 is 0 Å². The van der Waals surface area contributed by atoms with Gasteiger partial charge in [0.05, 0.1) is 4.75 Å². The molecule has 1 heterocycles. The predicted octanol–water partition coefficient (Wildman–Crippen LogP) is 5.51. The fourth-order valence-electron chi connectivity index (χ4n) is 2.57. The molecule has 2 heteroatoms. The average Bonchev–Trinajstić information content (AvgIpc) is 2.68. The van der Waals surface area contributed by atoms with Gasteiger partial charge in [0, 0.05) is 0 Å². The lowest BCUT2D eigenvalue weighted by Gasteiger charge is -2.38. The van der Waals surface area contributed by atoms with Gasteiger partial charge in [-0.25, -0.2) is 0 Å². The van der Waals surface area contributed by atoms with Crippen molar-refractivity contribution in [2.24, 2.45) is 11.8 Å². The molecule has 88 valence electrons. The van der Waals surface area contributed by atoms with Gasteiger partial charge in [0.2, 0.25) is 0 Å². The molecule has 0 saturated carbocycles. The molecule has 0 N–H and O–H groups in total. The summed E-state index contributed by atoms with van der Waals surface area (Å²) in [7, 11) is 4.02. The fraction of sp³-hybridized carbons (Fsp3) is 0.846. The van der Waals surface area contributed by atoms with Crippen molar-refractivity contribution in [2.45, 2.75) is 58.1 Å². The normalized spacial score (nSPS) is 29.3. The summed E-state index contributed by atoms with van der Waals surface area (Å²) in [4.78, 5) is 0. The first-order chi connectivity index (χ1) is 7.17. The van der Waals surface area contributed by atoms with E-state index in [0.717, 1.165) is 11.8 Å². The zero-order valence-electron chi connectivity index (χ0n) is 10.5. The summed E-state index contributed by atoms with van der Waals surface area (Å²) in [5, 5.41) is 2.29. The van der Waals surface area contributed by atoms with Crippen LogP contribution in [0, 0.1) is 11.8 Å². The summed E-state index contributed by atoms with van der Waals surface area (Å²) in [6, 6.07) is 0. The van der Waals surface area contributed by atoms with E-state index in [1.165, 1.54) is 25.7 Å². The Kier molecular flexibility index (Phi) is 5.62. The summed E-state index contributed by atoms with van der Waals surface area (Å²) in [5.41, 5.74) is 0. The minimum Gasteiger partial charge on any atom is -0.0779 e. The molecule has 0 aromatic heterocycles. The lowest BCUT2D eigenvalue weighted by molar-refractivity contribution is 0.322. The summed E-state index contributed by atoms with van der Waals surface area (Å²) in [6.07, 6.45) is 7.79. The first kappa shape index (κ1) is 13.5. The van der Waals surface area contributed by atoms with Gasteiger partial charge in [0.25, 0.3) is 0 Å². The Bertz CT molecular complexity index is 199. The van der Waals surface area contributed by atoms with Gasteiger partial charge in [-0.1, -0.05) is 68.2 Å². The zero-order valence-corrected chi connectivity index (χ0v) is 12.1. The third kappa shape index (κ3) is 2.97. The van der Waals surface area contributed by atoms with E-state index < -0.39 is 0 Å². The molecule has 0 nitrogen and oxygen atoms in total. The van der Waals surface area contributed by atoms with Gasteiger partial charge in [-0.3, -0.25) is 0 Å². The second-order valence-corrected chi connectivity index (χ2v) is 7.13. The van der Waals surface area contributed by atoms with Crippen molar-refractivity contribution in [1.82, 2.24) is 0 Å². The second kappa shape index (κ2) is 6.24. The van der Waals surface area contributed by atoms with E-state index in [0.29, 0.717) is 4.75 Å². The molecule has 0 aliphatic carbocycles. The van der Waals surface area contributed by atoms with E-state index in [2.05, 4.69) is 50.0 Å². The van der Waals surface area contributed by atoms with Crippen LogP contribution in [0.3, 0.4) is 0 Å². The third-order valence-electron chi connectivity index (χ3n) is 3.56. The maximum atomic E-state index is 2.48. The van der Waals surface area contributed by atoms with Gasteiger partial charge in [0.15, 0.2) is 0 Å². The maximum absolute atomic E-state index is 2.48. The van der Waals surface area contributed by atoms with Gasteiger partial charge in [-0.05, 0) is 30.1 Å². The molecule has 15 heavy (non-hydrogen) atoms. The van der Waals surface area contributed by atoms with Crippen LogP contribution in [0.5, 0.6) is 0 Å². The minimum absolute atomic E-state index is 0.413. The molecule has 0 saturated heterocycles. The highest BCUT2D eigenvalue weighted by molar-refractivity contribution is 8.78. The molecular weight excluding hydrogens is 220 g/mol. The van der Waals surface area contributed by atoms with E-state index in [1.54, 1.807) is 0 Å². The standard InChI is InChI=1S/C13H24S2/c1-5-7-11(3)13(9-10-14-15-13)12(4)8-6-2/h9-12H,5-8H2,1-4H3. The second-order valence-electron chi connectivity index (χ2n) is 4.72. The largest absolute Gasteiger partial charge is 0.0779 e. The molecule has 0 spiro atoms. The molecule has 2 atom stereocenters. The van der Waals surface area contributed by atoms with Crippen LogP contribution in [0.25, 0.3) is 0 Å². The van der Waals surface area contributed by atoms with Gasteiger partial charge < -0.3 is 0 Å². The van der Waals surface area contributed by atoms with Crippen LogP contribution >= 0.6 is 21.6 Å². The van der Waals surface area contributed by atoms with Crippen LogP contribution in [0.2, 0.25) is 0 Å². The minimum atomic E-state index is 0.413. The molecule has 1 rings (SSSR count). The van der Waals surface area contributed by atoms with Crippen LogP contribution in [0.15, 0.2) is 11.5 Å². The van der Waals surface area contributed by atoms with E-state index in [4.69, 9.17) is 0 Å². The molecule has 0 amide bonds. The Balaban J connectivity index is 2.73. The smallest absolute Gasteiger partial charge is 0.0504 e. The fourth-order valence-corrected chi connectivity index (χ4v) is 5.83. The van der Waals surface area contributed by atoms with Crippen LogP contribution in [0.4, 0.5) is 0 Å². The Labute approximate surface area is 103 Å². The van der Waals surface area contributed by atoms with Crippen molar-refractivity contribution in [3.63, 3.8) is 0 Å². The van der Waals surface area contributed by atoms with Crippen LogP contribution in [-0.2, 0) is 0 Å². The Morgan fingerprint density at radius 2 is 1.60 bits per heavy atom. The highest BCUT2D eigenvalue weighted by Crippen LogP contribution is 2.54. The van der Waals surface area contributed by atoms with Crippen molar-refractivity contribution in [2.75, 3.05) is 0 Å². The van der Waals surface area contributed by atoms with Gasteiger partial charge >= 0.3 is 0 Å². The monoisotopic (exact) mass is 244 g/mol.